The van der Waals surface area contributed by atoms with Crippen molar-refractivity contribution in [2.45, 2.75) is 25.4 Å². The third-order valence-corrected chi connectivity index (χ3v) is 3.88. The van der Waals surface area contributed by atoms with Crippen LogP contribution in [0.5, 0.6) is 0 Å². The van der Waals surface area contributed by atoms with E-state index in [0.29, 0.717) is 13.0 Å². The van der Waals surface area contributed by atoms with E-state index in [1.54, 1.807) is 0 Å². The number of hydrogen-bond donors (Lipinski definition) is 0. The molecule has 1 aliphatic rings. The Bertz CT molecular complexity index is 619. The Morgan fingerprint density at radius 2 is 1.67 bits per heavy atom. The van der Waals surface area contributed by atoms with Crippen LogP contribution in [0.15, 0.2) is 66.7 Å². The number of benzene rings is 2. The van der Waals surface area contributed by atoms with Crippen molar-refractivity contribution in [2.24, 2.45) is 0 Å². The van der Waals surface area contributed by atoms with Crippen molar-refractivity contribution in [3.63, 3.8) is 0 Å². The van der Waals surface area contributed by atoms with Gasteiger partial charge in [0.2, 0.25) is 5.91 Å². The smallest absolute Gasteiger partial charge is 0.223 e. The highest BCUT2D eigenvalue weighted by atomic mass is 16.2. The molecule has 1 saturated heterocycles. The zero-order valence-corrected chi connectivity index (χ0v) is 12.0. The molecule has 1 fully saturated rings. The van der Waals surface area contributed by atoms with Crippen LogP contribution in [0.1, 0.15) is 24.0 Å². The van der Waals surface area contributed by atoms with Gasteiger partial charge in [-0.3, -0.25) is 4.79 Å². The van der Waals surface area contributed by atoms with E-state index in [0.717, 1.165) is 6.42 Å². The summed E-state index contributed by atoms with van der Waals surface area (Å²) in [5, 5.41) is 0. The van der Waals surface area contributed by atoms with Crippen molar-refractivity contribution in [3.05, 3.63) is 77.9 Å². The van der Waals surface area contributed by atoms with Crippen LogP contribution in [0, 0.1) is 0 Å². The minimum absolute atomic E-state index is 0.206. The third-order valence-electron chi connectivity index (χ3n) is 3.88. The molecule has 106 valence electrons. The summed E-state index contributed by atoms with van der Waals surface area (Å²) in [5.41, 5.74) is 2.36. The van der Waals surface area contributed by atoms with E-state index in [1.165, 1.54) is 11.1 Å². The van der Waals surface area contributed by atoms with E-state index < -0.39 is 0 Å². The Balaban J connectivity index is 1.72. The standard InChI is InChI=1S/C19H19NO/c21-19-14-13-18(12-11-16-7-3-1-4-8-16)20(19)15-17-9-5-2-6-10-17/h1-12,18H,13-15H2/b12-11+. The SMILES string of the molecule is O=C1CCC(/C=C/c2ccccc2)N1Cc1ccccc1. The fourth-order valence-corrected chi connectivity index (χ4v) is 2.73. The second-order valence-electron chi connectivity index (χ2n) is 5.38. The van der Waals surface area contributed by atoms with Gasteiger partial charge in [0, 0.05) is 13.0 Å². The zero-order chi connectivity index (χ0) is 14.5. The summed E-state index contributed by atoms with van der Waals surface area (Å²) in [6, 6.07) is 20.6. The molecule has 0 aromatic heterocycles. The molecule has 1 aliphatic heterocycles. The highest BCUT2D eigenvalue weighted by molar-refractivity contribution is 5.79. The molecule has 2 aromatic carbocycles. The molecular formula is C19H19NO. The summed E-state index contributed by atoms with van der Waals surface area (Å²) in [6.45, 7) is 0.698. The summed E-state index contributed by atoms with van der Waals surface area (Å²) in [4.78, 5) is 14.1. The number of rotatable bonds is 4. The van der Waals surface area contributed by atoms with Gasteiger partial charge in [-0.15, -0.1) is 0 Å². The van der Waals surface area contributed by atoms with Crippen LogP contribution in [0.3, 0.4) is 0 Å². The monoisotopic (exact) mass is 277 g/mol. The van der Waals surface area contributed by atoms with Crippen molar-refractivity contribution in [3.8, 4) is 0 Å². The Labute approximate surface area is 125 Å². The predicted molar refractivity (Wildman–Crippen MR) is 85.5 cm³/mol. The van der Waals surface area contributed by atoms with Gasteiger partial charge in [-0.2, -0.15) is 0 Å². The first-order valence-corrected chi connectivity index (χ1v) is 7.39. The third kappa shape index (κ3) is 3.40. The number of nitrogens with zero attached hydrogens (tertiary/aromatic N) is 1. The van der Waals surface area contributed by atoms with Gasteiger partial charge in [0.25, 0.3) is 0 Å². The molecule has 2 nitrogen and oxygen atoms in total. The quantitative estimate of drug-likeness (QED) is 0.830. The van der Waals surface area contributed by atoms with E-state index in [9.17, 15) is 4.79 Å². The first-order chi connectivity index (χ1) is 10.3. The number of amides is 1. The van der Waals surface area contributed by atoms with Gasteiger partial charge in [0.15, 0.2) is 0 Å². The molecule has 1 atom stereocenters. The van der Waals surface area contributed by atoms with Crippen LogP contribution in [0.4, 0.5) is 0 Å². The Morgan fingerprint density at radius 3 is 2.38 bits per heavy atom. The van der Waals surface area contributed by atoms with E-state index in [1.807, 2.05) is 41.3 Å². The second-order valence-corrected chi connectivity index (χ2v) is 5.38. The molecule has 0 aliphatic carbocycles. The van der Waals surface area contributed by atoms with Crippen molar-refractivity contribution >= 4 is 12.0 Å². The number of carbonyl (C=O) groups excluding carboxylic acids is 1. The highest BCUT2D eigenvalue weighted by Crippen LogP contribution is 2.23. The summed E-state index contributed by atoms with van der Waals surface area (Å²) in [7, 11) is 0. The lowest BCUT2D eigenvalue weighted by molar-refractivity contribution is -0.129. The van der Waals surface area contributed by atoms with Crippen LogP contribution in [-0.4, -0.2) is 16.8 Å². The molecule has 2 heteroatoms. The van der Waals surface area contributed by atoms with Crippen LogP contribution in [0.25, 0.3) is 6.08 Å². The van der Waals surface area contributed by atoms with Crippen molar-refractivity contribution in [1.82, 2.24) is 4.90 Å². The Hall–Kier alpha value is -2.35. The van der Waals surface area contributed by atoms with Crippen molar-refractivity contribution in [1.29, 1.82) is 0 Å². The molecular weight excluding hydrogens is 258 g/mol. The fraction of sp³-hybridized carbons (Fsp3) is 0.211. The highest BCUT2D eigenvalue weighted by Gasteiger charge is 2.28. The molecule has 1 unspecified atom stereocenters. The predicted octanol–water partition coefficient (Wildman–Crippen LogP) is 3.89. The minimum atomic E-state index is 0.206. The molecule has 2 aromatic rings. The van der Waals surface area contributed by atoms with E-state index >= 15 is 0 Å². The molecule has 0 radical (unpaired) electrons. The van der Waals surface area contributed by atoms with Crippen LogP contribution < -0.4 is 0 Å². The normalized spacial score (nSPS) is 18.6. The molecule has 1 amide bonds. The van der Waals surface area contributed by atoms with Gasteiger partial charge < -0.3 is 4.90 Å². The van der Waals surface area contributed by atoms with E-state index in [4.69, 9.17) is 0 Å². The van der Waals surface area contributed by atoms with Gasteiger partial charge in [-0.25, -0.2) is 0 Å². The van der Waals surface area contributed by atoms with Gasteiger partial charge in [0.1, 0.15) is 0 Å². The van der Waals surface area contributed by atoms with Crippen molar-refractivity contribution < 1.29 is 4.79 Å². The largest absolute Gasteiger partial charge is 0.332 e. The van der Waals surface area contributed by atoms with Gasteiger partial charge in [-0.1, -0.05) is 72.8 Å². The lowest BCUT2D eigenvalue weighted by atomic mass is 10.1. The van der Waals surface area contributed by atoms with E-state index in [2.05, 4.69) is 36.4 Å². The minimum Gasteiger partial charge on any atom is -0.332 e. The van der Waals surface area contributed by atoms with Crippen LogP contribution >= 0.6 is 0 Å². The molecule has 0 spiro atoms. The topological polar surface area (TPSA) is 20.3 Å². The molecule has 21 heavy (non-hydrogen) atoms. The maximum absolute atomic E-state index is 12.1. The molecule has 0 bridgehead atoms. The Morgan fingerprint density at radius 1 is 1.00 bits per heavy atom. The summed E-state index contributed by atoms with van der Waals surface area (Å²) >= 11 is 0. The number of hydrogen-bond acceptors (Lipinski definition) is 1. The van der Waals surface area contributed by atoms with E-state index in [-0.39, 0.29) is 11.9 Å². The van der Waals surface area contributed by atoms with Gasteiger partial charge in [-0.05, 0) is 17.5 Å². The first kappa shape index (κ1) is 13.6. The fourth-order valence-electron chi connectivity index (χ4n) is 2.73. The zero-order valence-electron chi connectivity index (χ0n) is 12.0. The first-order valence-electron chi connectivity index (χ1n) is 7.39. The summed E-state index contributed by atoms with van der Waals surface area (Å²) in [5.74, 6) is 0.251. The average Bonchev–Trinajstić information content (AvgIpc) is 2.88. The molecule has 1 heterocycles. The number of likely N-dealkylation sites (tertiary alicyclic amines) is 1. The Kier molecular flexibility index (Phi) is 4.15. The lowest BCUT2D eigenvalue weighted by Crippen LogP contribution is -2.31. The maximum atomic E-state index is 12.1. The van der Waals surface area contributed by atoms with Crippen molar-refractivity contribution in [2.75, 3.05) is 0 Å². The molecule has 0 N–H and O–H groups in total. The number of carbonyl (C=O) groups is 1. The van der Waals surface area contributed by atoms with Crippen LogP contribution in [-0.2, 0) is 11.3 Å². The average molecular weight is 277 g/mol. The summed E-state index contributed by atoms with van der Waals surface area (Å²) in [6.07, 6.45) is 5.83. The van der Waals surface area contributed by atoms with Crippen LogP contribution in [0.2, 0.25) is 0 Å². The van der Waals surface area contributed by atoms with Gasteiger partial charge in [0.05, 0.1) is 6.04 Å². The maximum Gasteiger partial charge on any atom is 0.223 e. The summed E-state index contributed by atoms with van der Waals surface area (Å²) < 4.78 is 0. The second kappa shape index (κ2) is 6.40. The molecule has 0 saturated carbocycles. The lowest BCUT2D eigenvalue weighted by Gasteiger charge is -2.22. The van der Waals surface area contributed by atoms with Gasteiger partial charge >= 0.3 is 0 Å². The molecule has 3 rings (SSSR count).